The van der Waals surface area contributed by atoms with Crippen LogP contribution in [-0.4, -0.2) is 44.4 Å². The van der Waals surface area contributed by atoms with E-state index in [4.69, 9.17) is 24.4 Å². The molecule has 4 nitrogen and oxygen atoms in total. The van der Waals surface area contributed by atoms with Crippen LogP contribution in [0.3, 0.4) is 0 Å². The first-order valence-electron chi connectivity index (χ1n) is 6.90. The number of likely N-dealkylation sites (N-methyl/N-ethyl adjacent to an activating group) is 2. The molecule has 0 spiro atoms. The van der Waals surface area contributed by atoms with Gasteiger partial charge in [0.1, 0.15) is 8.64 Å². The summed E-state index contributed by atoms with van der Waals surface area (Å²) in [5.74, 6) is -0.165. The lowest BCUT2D eigenvalue weighted by molar-refractivity contribution is -0.122. The molecule has 2 aliphatic heterocycles. The van der Waals surface area contributed by atoms with E-state index in [1.54, 1.807) is 14.1 Å². The highest BCUT2D eigenvalue weighted by atomic mass is 32.2. The SMILES string of the molecule is CN1C(=O)/C(=C\c2ccc(/C=C3/SC(=S)N(C)C3=O)cc2)SC1=S. The highest BCUT2D eigenvalue weighted by Gasteiger charge is 2.29. The number of hydrogen-bond acceptors (Lipinski definition) is 6. The van der Waals surface area contributed by atoms with Gasteiger partial charge in [-0.25, -0.2) is 0 Å². The fourth-order valence-corrected chi connectivity index (χ4v) is 4.44. The Morgan fingerprint density at radius 2 is 1.12 bits per heavy atom. The molecule has 24 heavy (non-hydrogen) atoms. The molecule has 2 saturated heterocycles. The number of thioether (sulfide) groups is 2. The van der Waals surface area contributed by atoms with Gasteiger partial charge in [-0.05, 0) is 23.3 Å². The number of nitrogens with zero attached hydrogens (tertiary/aromatic N) is 2. The fraction of sp³-hybridized carbons (Fsp3) is 0.125. The number of thiocarbonyl (C=S) groups is 2. The predicted molar refractivity (Wildman–Crippen MR) is 108 cm³/mol. The van der Waals surface area contributed by atoms with Crippen LogP contribution in [0.15, 0.2) is 34.1 Å². The van der Waals surface area contributed by atoms with Crippen LogP contribution in [0.4, 0.5) is 0 Å². The van der Waals surface area contributed by atoms with Crippen molar-refractivity contribution in [3.63, 3.8) is 0 Å². The molecule has 0 bridgehead atoms. The minimum absolute atomic E-state index is 0.0827. The molecule has 2 aliphatic rings. The summed E-state index contributed by atoms with van der Waals surface area (Å²) < 4.78 is 1.12. The van der Waals surface area contributed by atoms with Crippen LogP contribution in [0.1, 0.15) is 11.1 Å². The summed E-state index contributed by atoms with van der Waals surface area (Å²) in [4.78, 5) is 28.2. The summed E-state index contributed by atoms with van der Waals surface area (Å²) in [6.07, 6.45) is 3.64. The second kappa shape index (κ2) is 6.79. The van der Waals surface area contributed by atoms with Crippen LogP contribution in [0.5, 0.6) is 0 Å². The van der Waals surface area contributed by atoms with Crippen molar-refractivity contribution in [2.45, 2.75) is 0 Å². The Kier molecular flexibility index (Phi) is 4.91. The second-order valence-electron chi connectivity index (χ2n) is 5.15. The van der Waals surface area contributed by atoms with Crippen molar-refractivity contribution < 1.29 is 9.59 Å². The van der Waals surface area contributed by atoms with Gasteiger partial charge in [-0.1, -0.05) is 72.2 Å². The Labute approximate surface area is 158 Å². The molecule has 122 valence electrons. The quantitative estimate of drug-likeness (QED) is 0.568. The first-order valence-corrected chi connectivity index (χ1v) is 9.35. The molecule has 2 amide bonds. The van der Waals surface area contributed by atoms with Gasteiger partial charge in [-0.3, -0.25) is 19.4 Å². The smallest absolute Gasteiger partial charge is 0.265 e. The minimum Gasteiger partial charge on any atom is -0.296 e. The zero-order chi connectivity index (χ0) is 17.4. The van der Waals surface area contributed by atoms with Gasteiger partial charge < -0.3 is 0 Å². The largest absolute Gasteiger partial charge is 0.296 e. The van der Waals surface area contributed by atoms with Crippen LogP contribution in [0, 0.1) is 0 Å². The molecule has 0 radical (unpaired) electrons. The van der Waals surface area contributed by atoms with E-state index in [-0.39, 0.29) is 11.8 Å². The highest BCUT2D eigenvalue weighted by Crippen LogP contribution is 2.32. The topological polar surface area (TPSA) is 40.6 Å². The van der Waals surface area contributed by atoms with Gasteiger partial charge in [0.05, 0.1) is 9.81 Å². The van der Waals surface area contributed by atoms with Crippen molar-refractivity contribution in [1.29, 1.82) is 0 Å². The lowest BCUT2D eigenvalue weighted by Crippen LogP contribution is -2.22. The summed E-state index contributed by atoms with van der Waals surface area (Å²) in [6.45, 7) is 0. The number of carbonyl (C=O) groups is 2. The minimum atomic E-state index is -0.0827. The molecular formula is C16H12N2O2S4. The summed E-state index contributed by atoms with van der Waals surface area (Å²) >= 11 is 12.8. The average molecular weight is 393 g/mol. The van der Waals surface area contributed by atoms with Crippen molar-refractivity contribution in [3.05, 3.63) is 45.2 Å². The second-order valence-corrected chi connectivity index (χ2v) is 8.50. The van der Waals surface area contributed by atoms with E-state index in [0.29, 0.717) is 18.5 Å². The van der Waals surface area contributed by atoms with Gasteiger partial charge in [0.25, 0.3) is 11.8 Å². The Bertz CT molecular complexity index is 758. The van der Waals surface area contributed by atoms with Crippen LogP contribution in [0.25, 0.3) is 12.2 Å². The zero-order valence-electron chi connectivity index (χ0n) is 12.8. The molecule has 3 rings (SSSR count). The Morgan fingerprint density at radius 1 is 0.792 bits per heavy atom. The van der Waals surface area contributed by atoms with E-state index >= 15 is 0 Å². The van der Waals surface area contributed by atoms with E-state index in [1.165, 1.54) is 33.3 Å². The monoisotopic (exact) mass is 392 g/mol. The third-order valence-corrected chi connectivity index (χ3v) is 6.47. The van der Waals surface area contributed by atoms with Crippen molar-refractivity contribution in [2.75, 3.05) is 14.1 Å². The van der Waals surface area contributed by atoms with E-state index in [9.17, 15) is 9.59 Å². The summed E-state index contributed by atoms with van der Waals surface area (Å²) in [5, 5.41) is 0. The molecule has 8 heteroatoms. The van der Waals surface area contributed by atoms with E-state index in [2.05, 4.69) is 0 Å². The van der Waals surface area contributed by atoms with Crippen molar-refractivity contribution in [1.82, 2.24) is 9.80 Å². The summed E-state index contributed by atoms with van der Waals surface area (Å²) in [6, 6.07) is 7.61. The summed E-state index contributed by atoms with van der Waals surface area (Å²) in [5.41, 5.74) is 1.81. The molecule has 0 aromatic heterocycles. The molecule has 2 fully saturated rings. The molecule has 0 N–H and O–H groups in total. The fourth-order valence-electron chi connectivity index (χ4n) is 2.08. The maximum absolute atomic E-state index is 12.0. The van der Waals surface area contributed by atoms with Gasteiger partial charge in [0.2, 0.25) is 0 Å². The molecule has 1 aromatic carbocycles. The van der Waals surface area contributed by atoms with Crippen molar-refractivity contribution in [2.24, 2.45) is 0 Å². The van der Waals surface area contributed by atoms with Gasteiger partial charge in [-0.15, -0.1) is 0 Å². The van der Waals surface area contributed by atoms with Crippen LogP contribution >= 0.6 is 48.0 Å². The zero-order valence-corrected chi connectivity index (χ0v) is 16.1. The van der Waals surface area contributed by atoms with Gasteiger partial charge >= 0.3 is 0 Å². The Morgan fingerprint density at radius 3 is 1.38 bits per heavy atom. The summed E-state index contributed by atoms with van der Waals surface area (Å²) in [7, 11) is 3.34. The van der Waals surface area contributed by atoms with Crippen LogP contribution in [-0.2, 0) is 9.59 Å². The van der Waals surface area contributed by atoms with Crippen molar-refractivity contribution >= 4 is 80.6 Å². The van der Waals surface area contributed by atoms with Gasteiger partial charge in [-0.2, -0.15) is 0 Å². The number of carbonyl (C=O) groups excluding carboxylic acids is 2. The number of amides is 2. The highest BCUT2D eigenvalue weighted by molar-refractivity contribution is 8.27. The molecule has 2 heterocycles. The van der Waals surface area contributed by atoms with Crippen molar-refractivity contribution in [3.8, 4) is 0 Å². The molecular weight excluding hydrogens is 380 g/mol. The lowest BCUT2D eigenvalue weighted by atomic mass is 10.1. The predicted octanol–water partition coefficient (Wildman–Crippen LogP) is 3.35. The molecule has 0 unspecified atom stereocenters. The number of rotatable bonds is 2. The molecule has 1 aromatic rings. The molecule has 0 saturated carbocycles. The van der Waals surface area contributed by atoms with Crippen LogP contribution in [0.2, 0.25) is 0 Å². The first-order chi connectivity index (χ1) is 11.4. The Balaban J connectivity index is 1.80. The molecule has 0 aliphatic carbocycles. The standard InChI is InChI=1S/C16H12N2O2S4/c1-17-13(19)11(23-15(17)21)7-9-3-5-10(6-4-9)8-12-14(20)18(2)16(22)24-12/h3-8H,1-2H3/b11-7+,12-8+. The van der Waals surface area contributed by atoms with Crippen LogP contribution < -0.4 is 0 Å². The van der Waals surface area contributed by atoms with Gasteiger partial charge in [0, 0.05) is 14.1 Å². The van der Waals surface area contributed by atoms with E-state index in [0.717, 1.165) is 11.1 Å². The third-order valence-electron chi connectivity index (χ3n) is 3.51. The number of benzene rings is 1. The maximum Gasteiger partial charge on any atom is 0.265 e. The van der Waals surface area contributed by atoms with E-state index < -0.39 is 0 Å². The van der Waals surface area contributed by atoms with E-state index in [1.807, 2.05) is 36.4 Å². The third kappa shape index (κ3) is 3.32. The maximum atomic E-state index is 12.0. The average Bonchev–Trinajstić information content (AvgIpc) is 2.94. The lowest BCUT2D eigenvalue weighted by Gasteiger charge is -2.04. The number of hydrogen-bond donors (Lipinski definition) is 0. The van der Waals surface area contributed by atoms with Gasteiger partial charge in [0.15, 0.2) is 0 Å². The molecule has 0 atom stereocenters. The normalized spacial score (nSPS) is 21.8. The Hall–Kier alpha value is -1.48. The first kappa shape index (κ1) is 17.3.